The van der Waals surface area contributed by atoms with Crippen molar-refractivity contribution in [1.82, 2.24) is 9.97 Å². The molecule has 1 aliphatic heterocycles. The predicted octanol–water partition coefficient (Wildman–Crippen LogP) is 3.92. The summed E-state index contributed by atoms with van der Waals surface area (Å²) in [6, 6.07) is 4.86. The van der Waals surface area contributed by atoms with Crippen LogP contribution in [0.5, 0.6) is 5.75 Å². The standard InChI is InChI=1S/C22H26FN5O3S2/c1-3-8-33(29)27-18-11-14(10-17(23)20(18)30-2)16-9-15(12-25-21(16)24)22-26-19(13-32-22)28-4-6-31-7-5-28/h9-13,27H,3-8H2,1-2H3,(H2,24,25). The minimum absolute atomic E-state index is 0.000893. The molecular weight excluding hydrogens is 465 g/mol. The molecule has 2 aromatic heterocycles. The summed E-state index contributed by atoms with van der Waals surface area (Å²) < 4.78 is 40.5. The number of benzene rings is 1. The molecule has 0 aliphatic carbocycles. The number of halogens is 1. The lowest BCUT2D eigenvalue weighted by Gasteiger charge is -2.26. The smallest absolute Gasteiger partial charge is 0.178 e. The predicted molar refractivity (Wildman–Crippen MR) is 132 cm³/mol. The summed E-state index contributed by atoms with van der Waals surface area (Å²) in [5.41, 5.74) is 8.30. The number of hydrogen-bond donors (Lipinski definition) is 2. The molecule has 4 rings (SSSR count). The van der Waals surface area contributed by atoms with Crippen LogP contribution in [-0.4, -0.2) is 53.3 Å². The number of rotatable bonds is 8. The molecule has 3 N–H and O–H groups in total. The molecule has 0 amide bonds. The molecule has 0 bridgehead atoms. The molecule has 1 saturated heterocycles. The van der Waals surface area contributed by atoms with Gasteiger partial charge in [-0.1, -0.05) is 6.92 Å². The Morgan fingerprint density at radius 1 is 1.30 bits per heavy atom. The van der Waals surface area contributed by atoms with Gasteiger partial charge in [-0.05, 0) is 30.2 Å². The molecule has 1 fully saturated rings. The van der Waals surface area contributed by atoms with Crippen molar-refractivity contribution in [3.63, 3.8) is 0 Å². The first-order valence-electron chi connectivity index (χ1n) is 10.6. The van der Waals surface area contributed by atoms with Crippen LogP contribution in [-0.2, 0) is 15.7 Å². The largest absolute Gasteiger partial charge is 0.492 e. The van der Waals surface area contributed by atoms with E-state index in [0.29, 0.717) is 35.8 Å². The van der Waals surface area contributed by atoms with Crippen molar-refractivity contribution in [1.29, 1.82) is 0 Å². The van der Waals surface area contributed by atoms with E-state index in [1.807, 2.05) is 18.4 Å². The van der Waals surface area contributed by atoms with Gasteiger partial charge in [0.2, 0.25) is 0 Å². The average molecular weight is 492 g/mol. The molecule has 3 heterocycles. The molecule has 0 saturated carbocycles. The van der Waals surface area contributed by atoms with Gasteiger partial charge in [-0.3, -0.25) is 0 Å². The zero-order valence-electron chi connectivity index (χ0n) is 18.5. The normalized spacial score (nSPS) is 14.8. The number of morpholine rings is 1. The van der Waals surface area contributed by atoms with Gasteiger partial charge in [0.1, 0.15) is 27.6 Å². The van der Waals surface area contributed by atoms with Gasteiger partial charge < -0.3 is 24.8 Å². The highest BCUT2D eigenvalue weighted by molar-refractivity contribution is 7.86. The van der Waals surface area contributed by atoms with Gasteiger partial charge in [0.05, 0.1) is 26.0 Å². The van der Waals surface area contributed by atoms with E-state index in [1.54, 1.807) is 12.3 Å². The van der Waals surface area contributed by atoms with Gasteiger partial charge in [0, 0.05) is 41.5 Å². The zero-order chi connectivity index (χ0) is 23.4. The van der Waals surface area contributed by atoms with E-state index >= 15 is 0 Å². The van der Waals surface area contributed by atoms with Gasteiger partial charge in [-0.25, -0.2) is 18.6 Å². The summed E-state index contributed by atoms with van der Waals surface area (Å²) in [5.74, 6) is 1.01. The van der Waals surface area contributed by atoms with E-state index in [2.05, 4.69) is 14.6 Å². The summed E-state index contributed by atoms with van der Waals surface area (Å²) in [5, 5.41) is 2.80. The SMILES string of the molecule is CCCS(=O)Nc1cc(-c2cc(-c3nc(N4CCOCC4)cs3)cnc2N)cc(F)c1OC. The van der Waals surface area contributed by atoms with Crippen molar-refractivity contribution in [2.45, 2.75) is 13.3 Å². The Morgan fingerprint density at radius 2 is 2.09 bits per heavy atom. The average Bonchev–Trinajstić information content (AvgIpc) is 3.30. The summed E-state index contributed by atoms with van der Waals surface area (Å²) >= 11 is 1.51. The number of thiazole rings is 1. The molecule has 1 unspecified atom stereocenters. The van der Waals surface area contributed by atoms with Crippen LogP contribution in [0.2, 0.25) is 0 Å². The number of nitrogens with zero attached hydrogens (tertiary/aromatic N) is 3. The van der Waals surface area contributed by atoms with E-state index in [4.69, 9.17) is 20.2 Å². The molecule has 3 aromatic rings. The van der Waals surface area contributed by atoms with Gasteiger partial charge in [0.25, 0.3) is 0 Å². The summed E-state index contributed by atoms with van der Waals surface area (Å²) in [7, 11) is 0.0114. The third-order valence-corrected chi connectivity index (χ3v) is 7.27. The van der Waals surface area contributed by atoms with Crippen molar-refractivity contribution >= 4 is 39.6 Å². The second-order valence-electron chi connectivity index (χ2n) is 7.46. The third kappa shape index (κ3) is 5.26. The summed E-state index contributed by atoms with van der Waals surface area (Å²) in [6.45, 7) is 4.89. The second kappa shape index (κ2) is 10.4. The molecule has 0 radical (unpaired) electrons. The van der Waals surface area contributed by atoms with Gasteiger partial charge in [0.15, 0.2) is 11.6 Å². The van der Waals surface area contributed by atoms with E-state index in [1.165, 1.54) is 24.5 Å². The van der Waals surface area contributed by atoms with Gasteiger partial charge >= 0.3 is 0 Å². The summed E-state index contributed by atoms with van der Waals surface area (Å²) in [6.07, 6.45) is 2.39. The molecular formula is C22H26FN5O3S2. The second-order valence-corrected chi connectivity index (χ2v) is 9.62. The van der Waals surface area contributed by atoms with Crippen LogP contribution in [0, 0.1) is 5.82 Å². The van der Waals surface area contributed by atoms with Crippen LogP contribution < -0.4 is 20.1 Å². The molecule has 1 aromatic carbocycles. The van der Waals surface area contributed by atoms with E-state index in [-0.39, 0.29) is 11.6 Å². The maximum absolute atomic E-state index is 14.8. The quantitative estimate of drug-likeness (QED) is 0.492. The lowest BCUT2D eigenvalue weighted by molar-refractivity contribution is 0.122. The summed E-state index contributed by atoms with van der Waals surface area (Å²) in [4.78, 5) is 11.3. The van der Waals surface area contributed by atoms with Crippen LogP contribution in [0.3, 0.4) is 0 Å². The number of nitrogen functional groups attached to an aromatic ring is 1. The Hall–Kier alpha value is -2.76. The molecule has 1 aliphatic rings. The molecule has 11 heteroatoms. The first-order valence-corrected chi connectivity index (χ1v) is 12.8. The van der Waals surface area contributed by atoms with E-state index in [9.17, 15) is 8.60 Å². The van der Waals surface area contributed by atoms with Gasteiger partial charge in [-0.2, -0.15) is 0 Å². The first kappa shape index (κ1) is 23.4. The number of anilines is 3. The first-order chi connectivity index (χ1) is 16.0. The molecule has 176 valence electrons. The highest BCUT2D eigenvalue weighted by atomic mass is 32.2. The van der Waals surface area contributed by atoms with Crippen molar-refractivity contribution in [3.05, 3.63) is 35.6 Å². The Morgan fingerprint density at radius 3 is 2.82 bits per heavy atom. The van der Waals surface area contributed by atoms with Crippen molar-refractivity contribution < 1.29 is 18.1 Å². The maximum atomic E-state index is 14.8. The number of methoxy groups -OCH3 is 1. The Balaban J connectivity index is 1.68. The number of nitrogens with one attached hydrogen (secondary N) is 1. The lowest BCUT2D eigenvalue weighted by Crippen LogP contribution is -2.36. The number of nitrogens with two attached hydrogens (primary N) is 1. The van der Waals surface area contributed by atoms with E-state index < -0.39 is 16.8 Å². The fourth-order valence-electron chi connectivity index (χ4n) is 3.55. The van der Waals surface area contributed by atoms with Gasteiger partial charge in [-0.15, -0.1) is 11.3 Å². The third-order valence-electron chi connectivity index (χ3n) is 5.16. The topological polar surface area (TPSA) is 103 Å². The lowest BCUT2D eigenvalue weighted by atomic mass is 10.0. The number of ether oxygens (including phenoxy) is 2. The van der Waals surface area contributed by atoms with Crippen LogP contribution >= 0.6 is 11.3 Å². The minimum atomic E-state index is -1.36. The Kier molecular flexibility index (Phi) is 7.41. The zero-order valence-corrected chi connectivity index (χ0v) is 20.1. The Bertz CT molecular complexity index is 1150. The van der Waals surface area contributed by atoms with Crippen molar-refractivity contribution in [3.8, 4) is 27.4 Å². The highest BCUT2D eigenvalue weighted by Gasteiger charge is 2.19. The number of hydrogen-bond acceptors (Lipinski definition) is 8. The monoisotopic (exact) mass is 491 g/mol. The van der Waals surface area contributed by atoms with Crippen LogP contribution in [0.4, 0.5) is 21.7 Å². The molecule has 0 spiro atoms. The number of pyridine rings is 1. The maximum Gasteiger partial charge on any atom is 0.178 e. The molecule has 8 nitrogen and oxygen atoms in total. The fraction of sp³-hybridized carbons (Fsp3) is 0.364. The van der Waals surface area contributed by atoms with E-state index in [0.717, 1.165) is 35.9 Å². The number of aromatic nitrogens is 2. The molecule has 1 atom stereocenters. The molecule has 33 heavy (non-hydrogen) atoms. The fourth-order valence-corrected chi connectivity index (χ4v) is 5.23. The van der Waals surface area contributed by atoms with Crippen LogP contribution in [0.25, 0.3) is 21.7 Å². The van der Waals surface area contributed by atoms with Crippen LogP contribution in [0.1, 0.15) is 13.3 Å². The Labute approximate surface area is 198 Å². The van der Waals surface area contributed by atoms with Crippen LogP contribution in [0.15, 0.2) is 29.8 Å². The van der Waals surface area contributed by atoms with Crippen molar-refractivity contribution in [2.24, 2.45) is 0 Å². The minimum Gasteiger partial charge on any atom is -0.492 e. The highest BCUT2D eigenvalue weighted by Crippen LogP contribution is 2.38. The van der Waals surface area contributed by atoms with Crippen molar-refractivity contribution in [2.75, 3.05) is 54.5 Å².